The van der Waals surface area contributed by atoms with Crippen LogP contribution in [0.3, 0.4) is 0 Å². The number of benzene rings is 1. The molecular formula is C15H19NOS. The van der Waals surface area contributed by atoms with E-state index in [1.54, 1.807) is 11.3 Å². The Morgan fingerprint density at radius 3 is 2.44 bits per heavy atom. The molecule has 0 spiro atoms. The predicted molar refractivity (Wildman–Crippen MR) is 78.1 cm³/mol. The highest BCUT2D eigenvalue weighted by molar-refractivity contribution is 7.10. The molecule has 0 atom stereocenters. The van der Waals surface area contributed by atoms with Crippen LogP contribution in [-0.4, -0.2) is 6.10 Å². The van der Waals surface area contributed by atoms with Gasteiger partial charge in [0.25, 0.3) is 0 Å². The van der Waals surface area contributed by atoms with E-state index in [-0.39, 0.29) is 6.10 Å². The summed E-state index contributed by atoms with van der Waals surface area (Å²) in [6.45, 7) is 6.79. The summed E-state index contributed by atoms with van der Waals surface area (Å²) < 4.78 is 5.65. The van der Waals surface area contributed by atoms with Gasteiger partial charge in [0.15, 0.2) is 0 Å². The SMILES string of the molecule is Cc1scc(CN)c1-c1ccc(OC(C)C)cc1. The van der Waals surface area contributed by atoms with E-state index >= 15 is 0 Å². The fourth-order valence-electron chi connectivity index (χ4n) is 2.01. The quantitative estimate of drug-likeness (QED) is 0.903. The fourth-order valence-corrected chi connectivity index (χ4v) is 2.91. The Morgan fingerprint density at radius 2 is 1.89 bits per heavy atom. The number of thiophene rings is 1. The van der Waals surface area contributed by atoms with Crippen molar-refractivity contribution in [2.75, 3.05) is 0 Å². The lowest BCUT2D eigenvalue weighted by Crippen LogP contribution is -2.05. The van der Waals surface area contributed by atoms with Crippen molar-refractivity contribution >= 4 is 11.3 Å². The molecule has 1 heterocycles. The van der Waals surface area contributed by atoms with E-state index in [4.69, 9.17) is 10.5 Å². The van der Waals surface area contributed by atoms with E-state index < -0.39 is 0 Å². The summed E-state index contributed by atoms with van der Waals surface area (Å²) in [5.41, 5.74) is 9.49. The van der Waals surface area contributed by atoms with Gasteiger partial charge < -0.3 is 10.5 Å². The first-order valence-electron chi connectivity index (χ1n) is 6.16. The molecule has 0 bridgehead atoms. The molecule has 1 aromatic heterocycles. The van der Waals surface area contributed by atoms with Crippen LogP contribution in [0.5, 0.6) is 5.75 Å². The molecule has 2 N–H and O–H groups in total. The molecule has 18 heavy (non-hydrogen) atoms. The van der Waals surface area contributed by atoms with Gasteiger partial charge in [-0.25, -0.2) is 0 Å². The normalized spacial score (nSPS) is 10.9. The lowest BCUT2D eigenvalue weighted by atomic mass is 10.0. The molecule has 0 saturated heterocycles. The van der Waals surface area contributed by atoms with Gasteiger partial charge in [0.1, 0.15) is 5.75 Å². The molecule has 0 radical (unpaired) electrons. The minimum absolute atomic E-state index is 0.207. The van der Waals surface area contributed by atoms with Crippen LogP contribution in [0.25, 0.3) is 11.1 Å². The Hall–Kier alpha value is -1.32. The summed E-state index contributed by atoms with van der Waals surface area (Å²) >= 11 is 1.75. The number of hydrogen-bond acceptors (Lipinski definition) is 3. The first-order valence-corrected chi connectivity index (χ1v) is 7.04. The van der Waals surface area contributed by atoms with Crippen molar-refractivity contribution in [3.63, 3.8) is 0 Å². The Bertz CT molecular complexity index is 514. The lowest BCUT2D eigenvalue weighted by Gasteiger charge is -2.10. The van der Waals surface area contributed by atoms with E-state index in [9.17, 15) is 0 Å². The van der Waals surface area contributed by atoms with Crippen LogP contribution >= 0.6 is 11.3 Å². The highest BCUT2D eigenvalue weighted by atomic mass is 32.1. The second-order valence-corrected chi connectivity index (χ2v) is 5.67. The zero-order valence-corrected chi connectivity index (χ0v) is 11.9. The molecule has 2 aromatic rings. The van der Waals surface area contributed by atoms with Gasteiger partial charge in [-0.3, -0.25) is 0 Å². The van der Waals surface area contributed by atoms with Crippen molar-refractivity contribution in [3.8, 4) is 16.9 Å². The summed E-state index contributed by atoms with van der Waals surface area (Å²) in [4.78, 5) is 1.31. The van der Waals surface area contributed by atoms with E-state index in [1.807, 2.05) is 26.0 Å². The van der Waals surface area contributed by atoms with Gasteiger partial charge in [0, 0.05) is 11.4 Å². The molecule has 0 aliphatic rings. The highest BCUT2D eigenvalue weighted by Crippen LogP contribution is 2.33. The molecule has 0 saturated carbocycles. The van der Waals surface area contributed by atoms with Crippen LogP contribution in [0.2, 0.25) is 0 Å². The largest absolute Gasteiger partial charge is 0.491 e. The Morgan fingerprint density at radius 1 is 1.22 bits per heavy atom. The Kier molecular flexibility index (Phi) is 4.04. The molecule has 0 aliphatic heterocycles. The van der Waals surface area contributed by atoms with Crippen molar-refractivity contribution < 1.29 is 4.74 Å². The summed E-state index contributed by atoms with van der Waals surface area (Å²) in [6.07, 6.45) is 0.207. The van der Waals surface area contributed by atoms with Crippen molar-refractivity contribution in [1.29, 1.82) is 0 Å². The van der Waals surface area contributed by atoms with Gasteiger partial charge in [-0.2, -0.15) is 0 Å². The van der Waals surface area contributed by atoms with Crippen molar-refractivity contribution in [3.05, 3.63) is 40.1 Å². The van der Waals surface area contributed by atoms with E-state index in [2.05, 4.69) is 24.4 Å². The van der Waals surface area contributed by atoms with Crippen LogP contribution in [0, 0.1) is 6.92 Å². The molecule has 2 rings (SSSR count). The molecule has 2 nitrogen and oxygen atoms in total. The van der Waals surface area contributed by atoms with Crippen LogP contribution in [0.4, 0.5) is 0 Å². The molecule has 3 heteroatoms. The van der Waals surface area contributed by atoms with Gasteiger partial charge in [0.05, 0.1) is 6.10 Å². The predicted octanol–water partition coefficient (Wildman–Crippen LogP) is 3.97. The summed E-state index contributed by atoms with van der Waals surface area (Å²) in [6, 6.07) is 8.25. The third kappa shape index (κ3) is 2.74. The second kappa shape index (κ2) is 5.55. The maximum absolute atomic E-state index is 5.78. The zero-order chi connectivity index (χ0) is 13.1. The maximum atomic E-state index is 5.78. The number of nitrogens with two attached hydrogens (primary N) is 1. The smallest absolute Gasteiger partial charge is 0.119 e. The van der Waals surface area contributed by atoms with Gasteiger partial charge in [-0.15, -0.1) is 11.3 Å². The summed E-state index contributed by atoms with van der Waals surface area (Å²) in [5, 5.41) is 2.14. The highest BCUT2D eigenvalue weighted by Gasteiger charge is 2.09. The van der Waals surface area contributed by atoms with Crippen LogP contribution in [-0.2, 0) is 6.54 Å². The first-order chi connectivity index (χ1) is 8.61. The van der Waals surface area contributed by atoms with Crippen LogP contribution < -0.4 is 10.5 Å². The monoisotopic (exact) mass is 261 g/mol. The topological polar surface area (TPSA) is 35.2 Å². The standard InChI is InChI=1S/C15H19NOS/c1-10(2)17-14-6-4-12(5-7-14)15-11(3)18-9-13(15)8-16/h4-7,9-10H,8,16H2,1-3H3. The molecule has 0 fully saturated rings. The number of hydrogen-bond donors (Lipinski definition) is 1. The van der Waals surface area contributed by atoms with E-state index in [1.165, 1.54) is 21.6 Å². The molecule has 0 unspecified atom stereocenters. The van der Waals surface area contributed by atoms with E-state index in [0.29, 0.717) is 6.54 Å². The molecule has 0 amide bonds. The molecular weight excluding hydrogens is 242 g/mol. The number of rotatable bonds is 4. The van der Waals surface area contributed by atoms with Crippen molar-refractivity contribution in [2.24, 2.45) is 5.73 Å². The first kappa shape index (κ1) is 13.1. The average Bonchev–Trinajstić information content (AvgIpc) is 2.71. The third-order valence-electron chi connectivity index (χ3n) is 2.79. The minimum Gasteiger partial charge on any atom is -0.491 e. The average molecular weight is 261 g/mol. The summed E-state index contributed by atoms with van der Waals surface area (Å²) in [7, 11) is 0. The van der Waals surface area contributed by atoms with E-state index in [0.717, 1.165) is 5.75 Å². The Balaban J connectivity index is 2.31. The Labute approximate surface area is 112 Å². The van der Waals surface area contributed by atoms with Gasteiger partial charge in [0.2, 0.25) is 0 Å². The fraction of sp³-hybridized carbons (Fsp3) is 0.333. The van der Waals surface area contributed by atoms with Crippen molar-refractivity contribution in [1.82, 2.24) is 0 Å². The molecule has 0 aliphatic carbocycles. The summed E-state index contributed by atoms with van der Waals surface area (Å²) in [5.74, 6) is 0.913. The van der Waals surface area contributed by atoms with Crippen LogP contribution in [0.1, 0.15) is 24.3 Å². The van der Waals surface area contributed by atoms with Gasteiger partial charge >= 0.3 is 0 Å². The second-order valence-electron chi connectivity index (χ2n) is 4.59. The number of ether oxygens (including phenoxy) is 1. The van der Waals surface area contributed by atoms with Crippen molar-refractivity contribution in [2.45, 2.75) is 33.4 Å². The third-order valence-corrected chi connectivity index (χ3v) is 3.75. The lowest BCUT2D eigenvalue weighted by molar-refractivity contribution is 0.242. The minimum atomic E-state index is 0.207. The number of aryl methyl sites for hydroxylation is 1. The maximum Gasteiger partial charge on any atom is 0.119 e. The van der Waals surface area contributed by atoms with Gasteiger partial charge in [-0.05, 0) is 55.0 Å². The molecule has 1 aromatic carbocycles. The van der Waals surface area contributed by atoms with Gasteiger partial charge in [-0.1, -0.05) is 12.1 Å². The molecule has 96 valence electrons. The van der Waals surface area contributed by atoms with Crippen LogP contribution in [0.15, 0.2) is 29.6 Å². The zero-order valence-electron chi connectivity index (χ0n) is 11.1.